The van der Waals surface area contributed by atoms with E-state index in [0.717, 1.165) is 22.6 Å². The van der Waals surface area contributed by atoms with Gasteiger partial charge in [-0.05, 0) is 93.4 Å². The van der Waals surface area contributed by atoms with Crippen LogP contribution in [0.4, 0.5) is 0 Å². The van der Waals surface area contributed by atoms with Crippen LogP contribution in [0.25, 0.3) is 0 Å². The fraction of sp³-hybridized carbons (Fsp3) is 1.00. The molecule has 3 heteroatoms. The van der Waals surface area contributed by atoms with Crippen molar-refractivity contribution in [3.05, 3.63) is 0 Å². The van der Waals surface area contributed by atoms with E-state index in [1.807, 2.05) is 0 Å². The molecule has 4 aliphatic carbocycles. The summed E-state index contributed by atoms with van der Waals surface area (Å²) < 4.78 is 0. The first kappa shape index (κ1) is 25.9. The smallest absolute Gasteiger partial charge is 0.00180 e. The molecule has 4 saturated carbocycles. The highest BCUT2D eigenvalue weighted by Crippen LogP contribution is 2.57. The van der Waals surface area contributed by atoms with Gasteiger partial charge in [0.25, 0.3) is 0 Å². The molecule has 4 rings (SSSR count). The minimum absolute atomic E-state index is 0.284. The van der Waals surface area contributed by atoms with Gasteiger partial charge in [0, 0.05) is 13.1 Å². The lowest BCUT2D eigenvalue weighted by Crippen LogP contribution is -2.31. The zero-order valence-electron chi connectivity index (χ0n) is 21.6. The topological polar surface area (TPSA) is 3.24 Å². The molecule has 0 spiro atoms. The number of rotatable bonds is 10. The molecule has 0 amide bonds. The molecule has 1 nitrogen and oxygen atoms in total. The Hall–Kier alpha value is 0.820. The Morgan fingerprint density at radius 3 is 0.938 bits per heavy atom. The van der Waals surface area contributed by atoms with Gasteiger partial charge in [0.05, 0.1) is 0 Å². The molecule has 0 bridgehead atoms. The lowest BCUT2D eigenvalue weighted by atomic mass is 9.99. The second kappa shape index (κ2) is 14.4. The van der Waals surface area contributed by atoms with Crippen molar-refractivity contribution in [3.63, 3.8) is 0 Å². The van der Waals surface area contributed by atoms with E-state index in [1.165, 1.54) is 38.8 Å². The van der Waals surface area contributed by atoms with E-state index < -0.39 is 0 Å². The first-order valence-electron chi connectivity index (χ1n) is 15.0. The summed E-state index contributed by atoms with van der Waals surface area (Å²) >= 11 is 0. The molecule has 4 fully saturated rings. The third-order valence-corrected chi connectivity index (χ3v) is 16.9. The van der Waals surface area contributed by atoms with Crippen LogP contribution in [0.15, 0.2) is 0 Å². The maximum absolute atomic E-state index is 2.81. The molecule has 0 unspecified atom stereocenters. The van der Waals surface area contributed by atoms with Gasteiger partial charge in [-0.3, -0.25) is 0 Å². The molecule has 4 aliphatic rings. The van der Waals surface area contributed by atoms with Crippen molar-refractivity contribution < 1.29 is 0 Å². The lowest BCUT2D eigenvalue weighted by Gasteiger charge is -2.40. The molecule has 186 valence electrons. The molecular formula is C29H55NP2. The average Bonchev–Trinajstić information content (AvgIpc) is 2.87. The summed E-state index contributed by atoms with van der Waals surface area (Å²) in [5, 5.41) is 0. The van der Waals surface area contributed by atoms with Crippen LogP contribution in [-0.4, -0.2) is 60.0 Å². The molecule has 0 atom stereocenters. The van der Waals surface area contributed by atoms with E-state index in [4.69, 9.17) is 0 Å². The van der Waals surface area contributed by atoms with Crippen LogP contribution in [0.5, 0.6) is 0 Å². The maximum Gasteiger partial charge on any atom is 0.00180 e. The largest absolute Gasteiger partial charge is 0.306 e. The van der Waals surface area contributed by atoms with Gasteiger partial charge in [0.2, 0.25) is 0 Å². The molecule has 0 heterocycles. The highest BCUT2D eigenvalue weighted by Gasteiger charge is 2.32. The van der Waals surface area contributed by atoms with Crippen molar-refractivity contribution in [2.75, 3.05) is 32.5 Å². The van der Waals surface area contributed by atoms with Gasteiger partial charge in [0.15, 0.2) is 0 Å². The van der Waals surface area contributed by atoms with Gasteiger partial charge in [0.1, 0.15) is 0 Å². The van der Waals surface area contributed by atoms with Gasteiger partial charge in [-0.2, -0.15) is 0 Å². The predicted molar refractivity (Wildman–Crippen MR) is 149 cm³/mol. The van der Waals surface area contributed by atoms with E-state index in [1.54, 1.807) is 115 Å². The van der Waals surface area contributed by atoms with Crippen molar-refractivity contribution in [1.29, 1.82) is 0 Å². The van der Waals surface area contributed by atoms with Crippen LogP contribution in [0.1, 0.15) is 128 Å². The highest BCUT2D eigenvalue weighted by molar-refractivity contribution is 7.59. The lowest BCUT2D eigenvalue weighted by molar-refractivity contribution is 0.374. The van der Waals surface area contributed by atoms with Crippen molar-refractivity contribution in [2.24, 2.45) is 0 Å². The highest BCUT2D eigenvalue weighted by atomic mass is 31.1. The van der Waals surface area contributed by atoms with Crippen LogP contribution >= 0.6 is 15.8 Å². The second-order valence-electron chi connectivity index (χ2n) is 11.9. The van der Waals surface area contributed by atoms with Gasteiger partial charge in [-0.25, -0.2) is 0 Å². The quantitative estimate of drug-likeness (QED) is 0.282. The van der Waals surface area contributed by atoms with Crippen LogP contribution in [0, 0.1) is 0 Å². The molecule has 0 N–H and O–H groups in total. The van der Waals surface area contributed by atoms with Crippen LogP contribution in [-0.2, 0) is 0 Å². The minimum Gasteiger partial charge on any atom is -0.306 e. The normalized spacial score (nSPS) is 25.9. The molecule has 32 heavy (non-hydrogen) atoms. The van der Waals surface area contributed by atoms with Crippen molar-refractivity contribution in [1.82, 2.24) is 4.90 Å². The minimum atomic E-state index is 0.284. The van der Waals surface area contributed by atoms with Crippen LogP contribution in [0.3, 0.4) is 0 Å². The van der Waals surface area contributed by atoms with Crippen molar-refractivity contribution >= 4 is 15.8 Å². The van der Waals surface area contributed by atoms with Gasteiger partial charge in [-0.1, -0.05) is 92.9 Å². The first-order valence-corrected chi connectivity index (χ1v) is 18.3. The summed E-state index contributed by atoms with van der Waals surface area (Å²) in [4.78, 5) is 2.81. The average molecular weight is 480 g/mol. The summed E-state index contributed by atoms with van der Waals surface area (Å²) in [5.41, 5.74) is 4.54. The van der Waals surface area contributed by atoms with E-state index in [9.17, 15) is 0 Å². The third kappa shape index (κ3) is 7.92. The Morgan fingerprint density at radius 2 is 0.688 bits per heavy atom. The Kier molecular flexibility index (Phi) is 11.7. The van der Waals surface area contributed by atoms with Gasteiger partial charge in [-0.15, -0.1) is 0 Å². The summed E-state index contributed by atoms with van der Waals surface area (Å²) in [6, 6.07) is 0. The zero-order valence-corrected chi connectivity index (χ0v) is 23.4. The fourth-order valence-corrected chi connectivity index (χ4v) is 15.6. The Bertz CT molecular complexity index is 407. The molecule has 0 saturated heterocycles. The van der Waals surface area contributed by atoms with Crippen LogP contribution in [0.2, 0.25) is 0 Å². The van der Waals surface area contributed by atoms with Crippen molar-refractivity contribution in [3.8, 4) is 0 Å². The fourth-order valence-electron chi connectivity index (χ4n) is 7.66. The monoisotopic (exact) mass is 479 g/mol. The molecule has 0 radical (unpaired) electrons. The molecular weight excluding hydrogens is 424 g/mol. The van der Waals surface area contributed by atoms with Crippen LogP contribution < -0.4 is 0 Å². The zero-order chi connectivity index (χ0) is 22.0. The first-order chi connectivity index (χ1) is 15.8. The summed E-state index contributed by atoms with van der Waals surface area (Å²) in [6.07, 6.45) is 34.2. The molecule has 0 aromatic rings. The summed E-state index contributed by atoms with van der Waals surface area (Å²) in [7, 11) is 3.06. The third-order valence-electron chi connectivity index (χ3n) is 9.65. The number of hydrogen-bond donors (Lipinski definition) is 0. The SMILES string of the molecule is CN(CCP(C1CCCCC1)C1CCCCC1)CCP(C1CCCCC1)C1CCCCC1. The van der Waals surface area contributed by atoms with Gasteiger partial charge >= 0.3 is 0 Å². The number of hydrogen-bond acceptors (Lipinski definition) is 1. The standard InChI is InChI=1S/C29H55NP2/c1-30(22-24-31(26-14-6-2-7-15-26)27-16-8-3-9-17-27)23-25-32(28-18-10-4-11-19-28)29-20-12-5-13-21-29/h26-29H,2-25H2,1H3. The Balaban J connectivity index is 1.28. The maximum atomic E-state index is 2.81. The van der Waals surface area contributed by atoms with E-state index >= 15 is 0 Å². The number of nitrogens with zero attached hydrogens (tertiary/aromatic N) is 1. The molecule has 0 aromatic carbocycles. The second-order valence-corrected chi connectivity index (χ2v) is 17.8. The van der Waals surface area contributed by atoms with E-state index in [2.05, 4.69) is 11.9 Å². The predicted octanol–water partition coefficient (Wildman–Crippen LogP) is 9.21. The Morgan fingerprint density at radius 1 is 0.438 bits per heavy atom. The van der Waals surface area contributed by atoms with E-state index in [-0.39, 0.29) is 15.8 Å². The summed E-state index contributed by atoms with van der Waals surface area (Å²) in [5.74, 6) is 0. The Labute approximate surface area is 204 Å². The van der Waals surface area contributed by atoms with Crippen molar-refractivity contribution in [2.45, 2.75) is 151 Å². The van der Waals surface area contributed by atoms with Gasteiger partial charge < -0.3 is 4.90 Å². The summed E-state index contributed by atoms with van der Waals surface area (Å²) in [6.45, 7) is 2.83. The van der Waals surface area contributed by atoms with E-state index in [0.29, 0.717) is 0 Å². The molecule has 0 aliphatic heterocycles. The molecule has 0 aromatic heterocycles.